The molecule has 23 heavy (non-hydrogen) atoms. The highest BCUT2D eigenvalue weighted by Gasteiger charge is 2.67. The van der Waals surface area contributed by atoms with Gasteiger partial charge in [-0.2, -0.15) is 0 Å². The van der Waals surface area contributed by atoms with Crippen LogP contribution in [0, 0.1) is 34.0 Å². The van der Waals surface area contributed by atoms with Crippen LogP contribution in [0.15, 0.2) is 12.2 Å². The van der Waals surface area contributed by atoms with Crippen molar-refractivity contribution in [1.29, 1.82) is 0 Å². The Morgan fingerprint density at radius 2 is 1.78 bits per heavy atom. The molecule has 4 fully saturated rings. The van der Waals surface area contributed by atoms with Gasteiger partial charge in [-0.15, -0.1) is 0 Å². The van der Waals surface area contributed by atoms with Crippen LogP contribution in [-0.2, 0) is 0 Å². The Hall–Kier alpha value is -0.380. The number of fused-ring (bicyclic) bond motifs is 3. The van der Waals surface area contributed by atoms with Gasteiger partial charge in [0.2, 0.25) is 0 Å². The van der Waals surface area contributed by atoms with Gasteiger partial charge in [0.15, 0.2) is 0 Å². The zero-order valence-corrected chi connectivity index (χ0v) is 14.6. The second kappa shape index (κ2) is 4.83. The molecule has 4 saturated carbocycles. The van der Waals surface area contributed by atoms with Crippen molar-refractivity contribution in [3.8, 4) is 0 Å². The minimum absolute atomic E-state index is 0.0178. The van der Waals surface area contributed by atoms with Crippen molar-refractivity contribution in [2.75, 3.05) is 6.61 Å². The van der Waals surface area contributed by atoms with Gasteiger partial charge in [0.1, 0.15) is 0 Å². The number of hydrogen-bond acceptors (Lipinski definition) is 3. The Morgan fingerprint density at radius 1 is 1.04 bits per heavy atom. The molecule has 0 radical (unpaired) electrons. The van der Waals surface area contributed by atoms with Crippen LogP contribution in [-0.4, -0.2) is 34.1 Å². The lowest BCUT2D eigenvalue weighted by molar-refractivity contribution is -0.209. The quantitative estimate of drug-likeness (QED) is 0.651. The Bertz CT molecular complexity index is 531. The zero-order chi connectivity index (χ0) is 16.6. The Kier molecular flexibility index (Phi) is 3.38. The van der Waals surface area contributed by atoms with Crippen molar-refractivity contribution in [2.24, 2.45) is 34.0 Å². The van der Waals surface area contributed by atoms with E-state index in [1.807, 2.05) is 0 Å². The summed E-state index contributed by atoms with van der Waals surface area (Å²) >= 11 is 0. The van der Waals surface area contributed by atoms with Crippen LogP contribution < -0.4 is 0 Å². The molecule has 0 heterocycles. The van der Waals surface area contributed by atoms with E-state index < -0.39 is 11.5 Å². The van der Waals surface area contributed by atoms with E-state index in [0.29, 0.717) is 17.8 Å². The van der Waals surface area contributed by atoms with Crippen LogP contribution >= 0.6 is 0 Å². The topological polar surface area (TPSA) is 60.7 Å². The zero-order valence-electron chi connectivity index (χ0n) is 14.6. The van der Waals surface area contributed by atoms with Crippen LogP contribution in [0.25, 0.3) is 0 Å². The van der Waals surface area contributed by atoms with E-state index >= 15 is 0 Å². The van der Waals surface area contributed by atoms with Gasteiger partial charge in [0.25, 0.3) is 0 Å². The SMILES string of the molecule is C=C1C2CC[C@H]3[C@]4(C)CC[C@@H](O)[C@](C)(CO)[C@H]4CC[C@]3(C2)[C@H]1O. The third-order valence-electron chi connectivity index (χ3n) is 8.89. The summed E-state index contributed by atoms with van der Waals surface area (Å²) in [6.07, 6.45) is 6.52. The number of rotatable bonds is 1. The molecule has 3 nitrogen and oxygen atoms in total. The molecule has 4 aliphatic rings. The van der Waals surface area contributed by atoms with Crippen LogP contribution in [0.5, 0.6) is 0 Å². The largest absolute Gasteiger partial charge is 0.396 e. The van der Waals surface area contributed by atoms with Crippen molar-refractivity contribution < 1.29 is 15.3 Å². The number of aliphatic hydroxyl groups is 3. The molecule has 2 bridgehead atoms. The van der Waals surface area contributed by atoms with Gasteiger partial charge in [0.05, 0.1) is 18.8 Å². The number of hydrogen-bond donors (Lipinski definition) is 3. The molecule has 8 atom stereocenters. The van der Waals surface area contributed by atoms with E-state index in [1.165, 1.54) is 6.42 Å². The van der Waals surface area contributed by atoms with E-state index in [9.17, 15) is 15.3 Å². The van der Waals surface area contributed by atoms with E-state index in [-0.39, 0.29) is 23.5 Å². The first kappa shape index (κ1) is 16.1. The van der Waals surface area contributed by atoms with Gasteiger partial charge in [-0.3, -0.25) is 0 Å². The second-order valence-corrected chi connectivity index (χ2v) is 9.56. The predicted molar refractivity (Wildman–Crippen MR) is 89.7 cm³/mol. The van der Waals surface area contributed by atoms with Gasteiger partial charge in [-0.1, -0.05) is 20.4 Å². The summed E-state index contributed by atoms with van der Waals surface area (Å²) in [6, 6.07) is 0. The number of aliphatic hydroxyl groups excluding tert-OH is 3. The molecular weight excluding hydrogens is 288 g/mol. The second-order valence-electron chi connectivity index (χ2n) is 9.56. The lowest BCUT2D eigenvalue weighted by Crippen LogP contribution is -2.62. The maximum atomic E-state index is 11.0. The molecule has 0 aliphatic heterocycles. The third-order valence-corrected chi connectivity index (χ3v) is 8.89. The van der Waals surface area contributed by atoms with E-state index in [1.54, 1.807) is 0 Å². The minimum atomic E-state index is -0.403. The highest BCUT2D eigenvalue weighted by atomic mass is 16.3. The molecule has 3 heteroatoms. The lowest BCUT2D eigenvalue weighted by atomic mass is 9.40. The van der Waals surface area contributed by atoms with Crippen molar-refractivity contribution in [3.63, 3.8) is 0 Å². The first-order chi connectivity index (χ1) is 10.8. The van der Waals surface area contributed by atoms with Crippen LogP contribution in [0.2, 0.25) is 0 Å². The molecule has 0 aromatic heterocycles. The average molecular weight is 320 g/mol. The van der Waals surface area contributed by atoms with Gasteiger partial charge in [-0.25, -0.2) is 0 Å². The fraction of sp³-hybridized carbons (Fsp3) is 0.900. The van der Waals surface area contributed by atoms with Crippen molar-refractivity contribution >= 4 is 0 Å². The van der Waals surface area contributed by atoms with E-state index in [0.717, 1.165) is 44.1 Å². The molecule has 1 unspecified atom stereocenters. The summed E-state index contributed by atoms with van der Waals surface area (Å²) in [7, 11) is 0. The Morgan fingerprint density at radius 3 is 2.48 bits per heavy atom. The van der Waals surface area contributed by atoms with Gasteiger partial charge in [-0.05, 0) is 73.7 Å². The Balaban J connectivity index is 1.77. The highest BCUT2D eigenvalue weighted by Crippen LogP contribution is 2.71. The summed E-state index contributed by atoms with van der Waals surface area (Å²) in [5.41, 5.74) is 0.817. The maximum Gasteiger partial charge on any atom is 0.0809 e. The van der Waals surface area contributed by atoms with Gasteiger partial charge >= 0.3 is 0 Å². The molecule has 0 aromatic carbocycles. The van der Waals surface area contributed by atoms with E-state index in [2.05, 4.69) is 20.4 Å². The predicted octanol–water partition coefficient (Wildman–Crippen LogP) is 2.89. The van der Waals surface area contributed by atoms with Crippen LogP contribution in [0.3, 0.4) is 0 Å². The molecule has 4 aliphatic carbocycles. The molecule has 1 spiro atoms. The summed E-state index contributed by atoms with van der Waals surface area (Å²) < 4.78 is 0. The van der Waals surface area contributed by atoms with Crippen molar-refractivity contribution in [1.82, 2.24) is 0 Å². The van der Waals surface area contributed by atoms with Crippen molar-refractivity contribution in [3.05, 3.63) is 12.2 Å². The smallest absolute Gasteiger partial charge is 0.0809 e. The van der Waals surface area contributed by atoms with Crippen molar-refractivity contribution in [2.45, 2.75) is 71.0 Å². The fourth-order valence-corrected chi connectivity index (χ4v) is 7.61. The lowest BCUT2D eigenvalue weighted by Gasteiger charge is -2.65. The molecule has 4 rings (SSSR count). The molecule has 0 saturated heterocycles. The molecule has 130 valence electrons. The van der Waals surface area contributed by atoms with Crippen LogP contribution in [0.4, 0.5) is 0 Å². The van der Waals surface area contributed by atoms with Crippen LogP contribution in [0.1, 0.15) is 58.8 Å². The molecule has 0 aromatic rings. The minimum Gasteiger partial charge on any atom is -0.396 e. The summed E-state index contributed by atoms with van der Waals surface area (Å²) in [5.74, 6) is 1.36. The van der Waals surface area contributed by atoms with E-state index in [4.69, 9.17) is 0 Å². The summed E-state index contributed by atoms with van der Waals surface area (Å²) in [5, 5.41) is 31.6. The summed E-state index contributed by atoms with van der Waals surface area (Å²) in [6.45, 7) is 8.74. The molecule has 3 N–H and O–H groups in total. The standard InChI is InChI=1S/C20H32O3/c1-12-13-4-5-15-18(2)8-7-16(22)19(3,11-21)14(18)6-9-20(15,10-13)17(12)23/h13-17,21-23H,1,4-11H2,2-3H3/t13?,14-,15-,16+,17-,18+,19+,20+/m0/s1. The average Bonchev–Trinajstić information content (AvgIpc) is 2.72. The first-order valence-electron chi connectivity index (χ1n) is 9.45. The van der Waals surface area contributed by atoms with Gasteiger partial charge in [0, 0.05) is 10.8 Å². The normalized spacial score (nSPS) is 58.7. The monoisotopic (exact) mass is 320 g/mol. The molecular formula is C20H32O3. The maximum absolute atomic E-state index is 11.0. The molecule has 0 amide bonds. The highest BCUT2D eigenvalue weighted by molar-refractivity contribution is 5.27. The Labute approximate surface area is 139 Å². The first-order valence-corrected chi connectivity index (χ1v) is 9.45. The van der Waals surface area contributed by atoms with Gasteiger partial charge < -0.3 is 15.3 Å². The third kappa shape index (κ3) is 1.77. The summed E-state index contributed by atoms with van der Waals surface area (Å²) in [4.78, 5) is 0. The fourth-order valence-electron chi connectivity index (χ4n) is 7.61.